The second-order valence-corrected chi connectivity index (χ2v) is 3.67. The molecule has 16 heavy (non-hydrogen) atoms. The molecule has 0 bridgehead atoms. The maximum Gasteiger partial charge on any atom is 0.237 e. The summed E-state index contributed by atoms with van der Waals surface area (Å²) in [5, 5.41) is 5.38. The van der Waals surface area contributed by atoms with E-state index in [1.54, 1.807) is 0 Å². The van der Waals surface area contributed by atoms with Crippen LogP contribution in [0.2, 0.25) is 0 Å². The van der Waals surface area contributed by atoms with E-state index >= 15 is 0 Å². The molecule has 5 nitrogen and oxygen atoms in total. The lowest BCUT2D eigenvalue weighted by atomic mass is 10.1. The monoisotopic (exact) mass is 223 g/mol. The van der Waals surface area contributed by atoms with Crippen LogP contribution in [0.5, 0.6) is 0 Å². The predicted octanol–water partition coefficient (Wildman–Crippen LogP) is -1.05. The number of nitrogens with one attached hydrogen (secondary N) is 2. The zero-order valence-electron chi connectivity index (χ0n) is 9.45. The van der Waals surface area contributed by atoms with Crippen LogP contribution in [0.3, 0.4) is 0 Å². The van der Waals surface area contributed by atoms with Gasteiger partial charge in [-0.25, -0.2) is 0 Å². The number of hydrogen-bond acceptors (Lipinski definition) is 3. The van der Waals surface area contributed by atoms with Gasteiger partial charge in [0.25, 0.3) is 0 Å². The highest BCUT2D eigenvalue weighted by Gasteiger charge is 2.28. The molecule has 0 aliphatic carbocycles. The molecule has 2 N–H and O–H groups in total. The summed E-state index contributed by atoms with van der Waals surface area (Å²) in [5.74, 6) is 2.21. The topological polar surface area (TPSA) is 61.4 Å². The Labute approximate surface area is 95.6 Å². The van der Waals surface area contributed by atoms with Crippen molar-refractivity contribution in [3.05, 3.63) is 0 Å². The molecule has 88 valence electrons. The van der Waals surface area contributed by atoms with Crippen molar-refractivity contribution in [1.29, 1.82) is 0 Å². The molecule has 1 unspecified atom stereocenters. The Morgan fingerprint density at radius 2 is 2.50 bits per heavy atom. The molecular weight excluding hydrogens is 206 g/mol. The van der Waals surface area contributed by atoms with Gasteiger partial charge in [-0.2, -0.15) is 0 Å². The van der Waals surface area contributed by atoms with E-state index in [4.69, 9.17) is 6.42 Å². The molecule has 0 radical (unpaired) electrons. The Morgan fingerprint density at radius 3 is 3.12 bits per heavy atom. The first-order valence-electron chi connectivity index (χ1n) is 5.41. The van der Waals surface area contributed by atoms with E-state index in [0.29, 0.717) is 19.5 Å². The Kier molecular flexibility index (Phi) is 4.80. The first kappa shape index (κ1) is 12.5. The Bertz CT molecular complexity index is 309. The van der Waals surface area contributed by atoms with Gasteiger partial charge in [0.2, 0.25) is 11.8 Å². The Morgan fingerprint density at radius 1 is 1.75 bits per heavy atom. The van der Waals surface area contributed by atoms with E-state index in [9.17, 15) is 9.59 Å². The standard InChI is InChI=1S/C11H17N3O2/c1-3-5-12-10(15)8-14-7-6-13-11(16)9(14)4-2/h1,9H,4-8H2,2H3,(H,12,15)(H,13,16). The van der Waals surface area contributed by atoms with E-state index in [1.807, 2.05) is 11.8 Å². The minimum atomic E-state index is -0.203. The average Bonchev–Trinajstić information content (AvgIpc) is 2.27. The third-order valence-electron chi connectivity index (χ3n) is 2.56. The molecular formula is C11H17N3O2. The normalized spacial score (nSPS) is 21.0. The van der Waals surface area contributed by atoms with Crippen molar-refractivity contribution in [2.45, 2.75) is 19.4 Å². The summed E-state index contributed by atoms with van der Waals surface area (Å²) in [6.45, 7) is 3.69. The van der Waals surface area contributed by atoms with Gasteiger partial charge in [0.1, 0.15) is 0 Å². The third-order valence-corrected chi connectivity index (χ3v) is 2.56. The van der Waals surface area contributed by atoms with Gasteiger partial charge in [0.05, 0.1) is 19.1 Å². The molecule has 1 heterocycles. The third kappa shape index (κ3) is 3.24. The molecule has 0 saturated carbocycles. The number of hydrogen-bond donors (Lipinski definition) is 2. The zero-order valence-corrected chi connectivity index (χ0v) is 9.45. The SMILES string of the molecule is C#CCNC(=O)CN1CCNC(=O)C1CC. The number of carbonyl (C=O) groups is 2. The summed E-state index contributed by atoms with van der Waals surface area (Å²) in [7, 11) is 0. The lowest BCUT2D eigenvalue weighted by molar-refractivity contribution is -0.131. The molecule has 1 fully saturated rings. The summed E-state index contributed by atoms with van der Waals surface area (Å²) in [6, 6.07) is -0.203. The maximum atomic E-state index is 11.5. The summed E-state index contributed by atoms with van der Waals surface area (Å²) >= 11 is 0. The lowest BCUT2D eigenvalue weighted by Crippen LogP contribution is -2.57. The minimum Gasteiger partial charge on any atom is -0.353 e. The van der Waals surface area contributed by atoms with Crippen LogP contribution < -0.4 is 10.6 Å². The van der Waals surface area contributed by atoms with Crippen LogP contribution in [-0.4, -0.2) is 48.9 Å². The van der Waals surface area contributed by atoms with E-state index in [2.05, 4.69) is 16.6 Å². The van der Waals surface area contributed by atoms with E-state index < -0.39 is 0 Å². The summed E-state index contributed by atoms with van der Waals surface area (Å²) < 4.78 is 0. The molecule has 1 rings (SSSR count). The summed E-state index contributed by atoms with van der Waals surface area (Å²) in [5.41, 5.74) is 0. The highest BCUT2D eigenvalue weighted by molar-refractivity contribution is 5.84. The number of rotatable bonds is 4. The largest absolute Gasteiger partial charge is 0.353 e. The quantitative estimate of drug-likeness (QED) is 0.598. The molecule has 0 aromatic carbocycles. The van der Waals surface area contributed by atoms with Crippen LogP contribution in [-0.2, 0) is 9.59 Å². The maximum absolute atomic E-state index is 11.5. The predicted molar refractivity (Wildman–Crippen MR) is 60.5 cm³/mol. The fourth-order valence-electron chi connectivity index (χ4n) is 1.78. The minimum absolute atomic E-state index is 0.00139. The Hall–Kier alpha value is -1.54. The fraction of sp³-hybridized carbons (Fsp3) is 0.636. The zero-order chi connectivity index (χ0) is 12.0. The molecule has 0 aromatic heterocycles. The van der Waals surface area contributed by atoms with Crippen LogP contribution >= 0.6 is 0 Å². The average molecular weight is 223 g/mol. The van der Waals surface area contributed by atoms with Crippen LogP contribution in [0, 0.1) is 12.3 Å². The highest BCUT2D eigenvalue weighted by Crippen LogP contribution is 2.07. The van der Waals surface area contributed by atoms with Crippen molar-refractivity contribution in [1.82, 2.24) is 15.5 Å². The second kappa shape index (κ2) is 6.13. The van der Waals surface area contributed by atoms with Gasteiger partial charge in [-0.15, -0.1) is 6.42 Å². The molecule has 2 amide bonds. The van der Waals surface area contributed by atoms with Crippen molar-refractivity contribution in [2.75, 3.05) is 26.2 Å². The number of terminal acetylenes is 1. The van der Waals surface area contributed by atoms with Crippen molar-refractivity contribution in [2.24, 2.45) is 0 Å². The fourth-order valence-corrected chi connectivity index (χ4v) is 1.78. The number of amides is 2. The molecule has 1 saturated heterocycles. The van der Waals surface area contributed by atoms with Crippen molar-refractivity contribution < 1.29 is 9.59 Å². The number of piperazine rings is 1. The van der Waals surface area contributed by atoms with Crippen molar-refractivity contribution >= 4 is 11.8 Å². The Balaban J connectivity index is 2.48. The van der Waals surface area contributed by atoms with Gasteiger partial charge < -0.3 is 10.6 Å². The van der Waals surface area contributed by atoms with Gasteiger partial charge in [-0.05, 0) is 6.42 Å². The molecule has 0 spiro atoms. The smallest absolute Gasteiger partial charge is 0.237 e. The van der Waals surface area contributed by atoms with Gasteiger partial charge >= 0.3 is 0 Å². The van der Waals surface area contributed by atoms with Crippen molar-refractivity contribution in [3.8, 4) is 12.3 Å². The van der Waals surface area contributed by atoms with E-state index in [-0.39, 0.29) is 30.9 Å². The highest BCUT2D eigenvalue weighted by atomic mass is 16.2. The van der Waals surface area contributed by atoms with Crippen LogP contribution in [0.1, 0.15) is 13.3 Å². The molecule has 5 heteroatoms. The van der Waals surface area contributed by atoms with Gasteiger partial charge in [0.15, 0.2) is 0 Å². The number of carbonyl (C=O) groups excluding carboxylic acids is 2. The molecule has 1 atom stereocenters. The van der Waals surface area contributed by atoms with E-state index in [1.165, 1.54) is 0 Å². The lowest BCUT2D eigenvalue weighted by Gasteiger charge is -2.33. The van der Waals surface area contributed by atoms with E-state index in [0.717, 1.165) is 0 Å². The van der Waals surface area contributed by atoms with Crippen LogP contribution in [0.25, 0.3) is 0 Å². The second-order valence-electron chi connectivity index (χ2n) is 3.67. The molecule has 1 aliphatic rings. The van der Waals surface area contributed by atoms with Gasteiger partial charge in [-0.3, -0.25) is 14.5 Å². The van der Waals surface area contributed by atoms with Crippen molar-refractivity contribution in [3.63, 3.8) is 0 Å². The van der Waals surface area contributed by atoms with Crippen LogP contribution in [0.15, 0.2) is 0 Å². The number of nitrogens with zero attached hydrogens (tertiary/aromatic N) is 1. The van der Waals surface area contributed by atoms with Gasteiger partial charge in [-0.1, -0.05) is 12.8 Å². The first-order chi connectivity index (χ1) is 7.69. The summed E-state index contributed by atoms with van der Waals surface area (Å²) in [4.78, 5) is 24.9. The summed E-state index contributed by atoms with van der Waals surface area (Å²) in [6.07, 6.45) is 5.75. The first-order valence-corrected chi connectivity index (χ1v) is 5.41. The molecule has 0 aromatic rings. The molecule has 1 aliphatic heterocycles. The van der Waals surface area contributed by atoms with Crippen LogP contribution in [0.4, 0.5) is 0 Å². The van der Waals surface area contributed by atoms with Gasteiger partial charge in [0, 0.05) is 13.1 Å².